The van der Waals surface area contributed by atoms with E-state index in [0.717, 1.165) is 26.0 Å². The number of pyridine rings is 1. The molecule has 0 unspecified atom stereocenters. The molecule has 0 saturated carbocycles. The Balaban J connectivity index is 1.63. The molecule has 106 valence electrons. The third-order valence-electron chi connectivity index (χ3n) is 3.18. The standard InChI is InChI=1S/C17H22N2O/c1-18-13-16-4-6-17(7-5-16)14-20-12-2-3-15-8-10-19-11-9-15/h4-11,18H,2-3,12-14H2,1H3. The van der Waals surface area contributed by atoms with Crippen molar-refractivity contribution in [2.45, 2.75) is 26.0 Å². The van der Waals surface area contributed by atoms with Crippen molar-refractivity contribution in [2.75, 3.05) is 13.7 Å². The number of hydrogen-bond donors (Lipinski definition) is 1. The van der Waals surface area contributed by atoms with Crippen LogP contribution in [0.4, 0.5) is 0 Å². The normalized spacial score (nSPS) is 10.7. The number of nitrogens with zero attached hydrogens (tertiary/aromatic N) is 1. The van der Waals surface area contributed by atoms with E-state index in [-0.39, 0.29) is 0 Å². The first-order valence-corrected chi connectivity index (χ1v) is 7.07. The number of ether oxygens (including phenoxy) is 1. The molecule has 1 heterocycles. The van der Waals surface area contributed by atoms with Crippen molar-refractivity contribution in [1.29, 1.82) is 0 Å². The molecule has 0 amide bonds. The zero-order valence-corrected chi connectivity index (χ0v) is 12.0. The second-order valence-corrected chi connectivity index (χ2v) is 4.86. The van der Waals surface area contributed by atoms with Crippen molar-refractivity contribution in [3.05, 3.63) is 65.5 Å². The average Bonchev–Trinajstić information content (AvgIpc) is 2.50. The molecular weight excluding hydrogens is 248 g/mol. The maximum Gasteiger partial charge on any atom is 0.0716 e. The van der Waals surface area contributed by atoms with Gasteiger partial charge < -0.3 is 10.1 Å². The number of aryl methyl sites for hydroxylation is 1. The summed E-state index contributed by atoms with van der Waals surface area (Å²) in [5, 5.41) is 3.14. The van der Waals surface area contributed by atoms with E-state index in [2.05, 4.69) is 46.7 Å². The van der Waals surface area contributed by atoms with Gasteiger partial charge in [0.25, 0.3) is 0 Å². The molecule has 0 saturated heterocycles. The molecule has 20 heavy (non-hydrogen) atoms. The molecule has 0 fully saturated rings. The van der Waals surface area contributed by atoms with Crippen LogP contribution < -0.4 is 5.32 Å². The van der Waals surface area contributed by atoms with E-state index in [4.69, 9.17) is 4.74 Å². The Labute approximate surface area is 121 Å². The van der Waals surface area contributed by atoms with E-state index in [1.54, 1.807) is 0 Å². The first kappa shape index (κ1) is 14.7. The average molecular weight is 270 g/mol. The van der Waals surface area contributed by atoms with Gasteiger partial charge in [0, 0.05) is 25.5 Å². The summed E-state index contributed by atoms with van der Waals surface area (Å²) >= 11 is 0. The Bertz CT molecular complexity index is 482. The Morgan fingerprint density at radius 1 is 0.950 bits per heavy atom. The minimum absolute atomic E-state index is 0.691. The maximum absolute atomic E-state index is 5.71. The fourth-order valence-electron chi connectivity index (χ4n) is 2.08. The molecule has 0 atom stereocenters. The zero-order chi connectivity index (χ0) is 14.0. The van der Waals surface area contributed by atoms with Crippen LogP contribution in [0.2, 0.25) is 0 Å². The monoisotopic (exact) mass is 270 g/mol. The molecule has 1 aromatic heterocycles. The van der Waals surface area contributed by atoms with Crippen LogP contribution in [-0.2, 0) is 24.3 Å². The molecule has 1 aromatic carbocycles. The lowest BCUT2D eigenvalue weighted by Crippen LogP contribution is -2.05. The van der Waals surface area contributed by atoms with E-state index in [9.17, 15) is 0 Å². The fourth-order valence-corrected chi connectivity index (χ4v) is 2.08. The second-order valence-electron chi connectivity index (χ2n) is 4.86. The van der Waals surface area contributed by atoms with E-state index in [0.29, 0.717) is 6.61 Å². The molecule has 1 N–H and O–H groups in total. The number of rotatable bonds is 8. The van der Waals surface area contributed by atoms with Crippen LogP contribution in [0.1, 0.15) is 23.1 Å². The number of benzene rings is 1. The molecule has 2 rings (SSSR count). The van der Waals surface area contributed by atoms with Gasteiger partial charge in [-0.25, -0.2) is 0 Å². The van der Waals surface area contributed by atoms with Gasteiger partial charge in [0.05, 0.1) is 6.61 Å². The minimum atomic E-state index is 0.691. The quantitative estimate of drug-likeness (QED) is 0.749. The number of aromatic nitrogens is 1. The molecule has 3 nitrogen and oxygen atoms in total. The Kier molecular flexibility index (Phi) is 6.21. The number of hydrogen-bond acceptors (Lipinski definition) is 3. The molecule has 0 aliphatic carbocycles. The van der Waals surface area contributed by atoms with Crippen molar-refractivity contribution in [3.8, 4) is 0 Å². The van der Waals surface area contributed by atoms with Gasteiger partial charge in [0.15, 0.2) is 0 Å². The third kappa shape index (κ3) is 5.11. The van der Waals surface area contributed by atoms with Crippen molar-refractivity contribution >= 4 is 0 Å². The zero-order valence-electron chi connectivity index (χ0n) is 12.0. The van der Waals surface area contributed by atoms with Crippen LogP contribution >= 0.6 is 0 Å². The van der Waals surface area contributed by atoms with Crippen molar-refractivity contribution in [3.63, 3.8) is 0 Å². The third-order valence-corrected chi connectivity index (χ3v) is 3.18. The summed E-state index contributed by atoms with van der Waals surface area (Å²) in [6.45, 7) is 2.39. The molecule has 0 aliphatic rings. The maximum atomic E-state index is 5.71. The predicted octanol–water partition coefficient (Wildman–Crippen LogP) is 2.95. The van der Waals surface area contributed by atoms with Gasteiger partial charge in [-0.1, -0.05) is 24.3 Å². The second kappa shape index (κ2) is 8.46. The summed E-state index contributed by atoms with van der Waals surface area (Å²) in [6, 6.07) is 12.7. The van der Waals surface area contributed by atoms with E-state index >= 15 is 0 Å². The van der Waals surface area contributed by atoms with Gasteiger partial charge in [0.1, 0.15) is 0 Å². The van der Waals surface area contributed by atoms with E-state index in [1.807, 2.05) is 19.4 Å². The highest BCUT2D eigenvalue weighted by Crippen LogP contribution is 2.07. The highest BCUT2D eigenvalue weighted by Gasteiger charge is 1.96. The number of nitrogens with one attached hydrogen (secondary N) is 1. The molecule has 0 spiro atoms. The minimum Gasteiger partial charge on any atom is -0.377 e. The Morgan fingerprint density at radius 2 is 1.65 bits per heavy atom. The van der Waals surface area contributed by atoms with Crippen LogP contribution in [0.5, 0.6) is 0 Å². The van der Waals surface area contributed by atoms with Gasteiger partial charge in [-0.2, -0.15) is 0 Å². The van der Waals surface area contributed by atoms with Gasteiger partial charge in [-0.15, -0.1) is 0 Å². The largest absolute Gasteiger partial charge is 0.377 e. The van der Waals surface area contributed by atoms with Crippen molar-refractivity contribution < 1.29 is 4.74 Å². The Hall–Kier alpha value is -1.71. The first-order chi connectivity index (χ1) is 9.88. The summed E-state index contributed by atoms with van der Waals surface area (Å²) in [7, 11) is 1.96. The Morgan fingerprint density at radius 3 is 2.35 bits per heavy atom. The predicted molar refractivity (Wildman–Crippen MR) is 81.4 cm³/mol. The van der Waals surface area contributed by atoms with Crippen LogP contribution in [0.15, 0.2) is 48.8 Å². The van der Waals surface area contributed by atoms with Crippen molar-refractivity contribution in [2.24, 2.45) is 0 Å². The fraction of sp³-hybridized carbons (Fsp3) is 0.353. The SMILES string of the molecule is CNCc1ccc(COCCCc2ccncc2)cc1. The molecule has 2 aromatic rings. The van der Waals surface area contributed by atoms with Gasteiger partial charge in [-0.3, -0.25) is 4.98 Å². The van der Waals surface area contributed by atoms with E-state index in [1.165, 1.54) is 16.7 Å². The summed E-state index contributed by atoms with van der Waals surface area (Å²) in [6.07, 6.45) is 5.76. The highest BCUT2D eigenvalue weighted by atomic mass is 16.5. The summed E-state index contributed by atoms with van der Waals surface area (Å²) < 4.78 is 5.71. The highest BCUT2D eigenvalue weighted by molar-refractivity contribution is 5.21. The summed E-state index contributed by atoms with van der Waals surface area (Å²) in [5.74, 6) is 0. The summed E-state index contributed by atoms with van der Waals surface area (Å²) in [5.41, 5.74) is 3.85. The van der Waals surface area contributed by atoms with Crippen LogP contribution in [-0.4, -0.2) is 18.6 Å². The first-order valence-electron chi connectivity index (χ1n) is 7.07. The van der Waals surface area contributed by atoms with Gasteiger partial charge in [0.2, 0.25) is 0 Å². The van der Waals surface area contributed by atoms with Gasteiger partial charge >= 0.3 is 0 Å². The smallest absolute Gasteiger partial charge is 0.0716 e. The van der Waals surface area contributed by atoms with Crippen LogP contribution in [0, 0.1) is 0 Å². The molecule has 3 heteroatoms. The lowest BCUT2D eigenvalue weighted by Gasteiger charge is -2.06. The van der Waals surface area contributed by atoms with E-state index < -0.39 is 0 Å². The summed E-state index contributed by atoms with van der Waals surface area (Å²) in [4.78, 5) is 4.01. The topological polar surface area (TPSA) is 34.1 Å². The molecule has 0 aliphatic heterocycles. The molecule has 0 bridgehead atoms. The lowest BCUT2D eigenvalue weighted by atomic mass is 10.1. The van der Waals surface area contributed by atoms with Crippen LogP contribution in [0.3, 0.4) is 0 Å². The molecule has 0 radical (unpaired) electrons. The van der Waals surface area contributed by atoms with Gasteiger partial charge in [-0.05, 0) is 48.7 Å². The van der Waals surface area contributed by atoms with Crippen LogP contribution in [0.25, 0.3) is 0 Å². The molecular formula is C17H22N2O. The lowest BCUT2D eigenvalue weighted by molar-refractivity contribution is 0.118. The van der Waals surface area contributed by atoms with Crippen molar-refractivity contribution in [1.82, 2.24) is 10.3 Å².